The van der Waals surface area contributed by atoms with Gasteiger partial charge in [-0.3, -0.25) is 19.7 Å². The highest BCUT2D eigenvalue weighted by Crippen LogP contribution is 2.33. The molecule has 4 aromatic rings. The molecule has 2 heterocycles. The Kier molecular flexibility index (Phi) is 8.17. The second kappa shape index (κ2) is 12.0. The predicted molar refractivity (Wildman–Crippen MR) is 159 cm³/mol. The van der Waals surface area contributed by atoms with E-state index in [1.54, 1.807) is 24.0 Å². The van der Waals surface area contributed by atoms with Crippen LogP contribution in [-0.4, -0.2) is 71.5 Å². The van der Waals surface area contributed by atoms with Crippen molar-refractivity contribution < 1.29 is 24.0 Å². The molecule has 0 saturated carbocycles. The van der Waals surface area contributed by atoms with Crippen LogP contribution < -0.4 is 9.47 Å². The highest BCUT2D eigenvalue weighted by molar-refractivity contribution is 6.32. The Morgan fingerprint density at radius 3 is 2.10 bits per heavy atom. The molecule has 0 atom stereocenters. The van der Waals surface area contributed by atoms with Crippen molar-refractivity contribution in [3.05, 3.63) is 105 Å². The molecule has 2 amide bonds. The van der Waals surface area contributed by atoms with Crippen LogP contribution in [0.2, 0.25) is 5.02 Å². The number of piperazine rings is 1. The maximum Gasteiger partial charge on any atom is 0.288 e. The summed E-state index contributed by atoms with van der Waals surface area (Å²) in [5, 5.41) is 11.2. The van der Waals surface area contributed by atoms with Gasteiger partial charge >= 0.3 is 0 Å². The largest absolute Gasteiger partial charge is 0.497 e. The van der Waals surface area contributed by atoms with Crippen LogP contribution in [0.15, 0.2) is 72.8 Å². The van der Waals surface area contributed by atoms with Crippen LogP contribution >= 0.6 is 11.6 Å². The molecular formula is C31H29ClN4O6. The van der Waals surface area contributed by atoms with Crippen molar-refractivity contribution in [2.45, 2.75) is 6.92 Å². The van der Waals surface area contributed by atoms with Gasteiger partial charge in [0.1, 0.15) is 16.5 Å². The molecule has 0 N–H and O–H groups in total. The second-order valence-corrected chi connectivity index (χ2v) is 10.2. The first-order valence-corrected chi connectivity index (χ1v) is 13.6. The van der Waals surface area contributed by atoms with Crippen molar-refractivity contribution in [3.63, 3.8) is 0 Å². The Bertz CT molecular complexity index is 1660. The SMILES string of the molecule is COc1ccc(-c2cc(C(=O)N3CCN(C(=O)c4ccc(Cl)c([N+](=O)[O-])c4)CC3)c(C)n2-c2cccc(OC)c2)cc1. The number of rotatable bonds is 7. The first-order valence-electron chi connectivity index (χ1n) is 13.3. The molecule has 42 heavy (non-hydrogen) atoms. The summed E-state index contributed by atoms with van der Waals surface area (Å²) in [6.07, 6.45) is 0. The van der Waals surface area contributed by atoms with Crippen molar-refractivity contribution in [3.8, 4) is 28.4 Å². The highest BCUT2D eigenvalue weighted by atomic mass is 35.5. The van der Waals surface area contributed by atoms with Gasteiger partial charge in [-0.15, -0.1) is 0 Å². The van der Waals surface area contributed by atoms with Gasteiger partial charge in [0.25, 0.3) is 17.5 Å². The maximum atomic E-state index is 13.9. The second-order valence-electron chi connectivity index (χ2n) is 9.80. The number of nitro groups is 1. The molecule has 3 aromatic carbocycles. The fourth-order valence-electron chi connectivity index (χ4n) is 5.13. The van der Waals surface area contributed by atoms with Gasteiger partial charge in [0.15, 0.2) is 0 Å². The molecule has 5 rings (SSSR count). The van der Waals surface area contributed by atoms with Crippen molar-refractivity contribution in [2.75, 3.05) is 40.4 Å². The van der Waals surface area contributed by atoms with Crippen LogP contribution in [0, 0.1) is 17.0 Å². The average Bonchev–Trinajstić information content (AvgIpc) is 3.37. The Hall–Kier alpha value is -4.83. The third-order valence-corrected chi connectivity index (χ3v) is 7.74. The summed E-state index contributed by atoms with van der Waals surface area (Å²) in [6, 6.07) is 21.2. The van der Waals surface area contributed by atoms with Crippen LogP contribution in [0.25, 0.3) is 16.9 Å². The van der Waals surface area contributed by atoms with E-state index in [0.717, 1.165) is 28.4 Å². The minimum atomic E-state index is -0.615. The molecule has 0 bridgehead atoms. The maximum absolute atomic E-state index is 13.9. The van der Waals surface area contributed by atoms with E-state index in [4.69, 9.17) is 21.1 Å². The normalized spacial score (nSPS) is 13.1. The number of methoxy groups -OCH3 is 2. The third-order valence-electron chi connectivity index (χ3n) is 7.42. The molecule has 0 spiro atoms. The zero-order chi connectivity index (χ0) is 30.0. The van der Waals surface area contributed by atoms with Gasteiger partial charge in [-0.1, -0.05) is 17.7 Å². The van der Waals surface area contributed by atoms with Gasteiger partial charge in [-0.2, -0.15) is 0 Å². The molecule has 1 aliphatic heterocycles. The Morgan fingerprint density at radius 1 is 0.833 bits per heavy atom. The van der Waals surface area contributed by atoms with E-state index in [9.17, 15) is 19.7 Å². The summed E-state index contributed by atoms with van der Waals surface area (Å²) in [7, 11) is 3.22. The van der Waals surface area contributed by atoms with Gasteiger partial charge in [0, 0.05) is 55.3 Å². The number of hydrogen-bond acceptors (Lipinski definition) is 6. The molecule has 0 unspecified atom stereocenters. The van der Waals surface area contributed by atoms with Gasteiger partial charge in [0.2, 0.25) is 0 Å². The summed E-state index contributed by atoms with van der Waals surface area (Å²) in [4.78, 5) is 40.9. The fourth-order valence-corrected chi connectivity index (χ4v) is 5.32. The van der Waals surface area contributed by atoms with Crippen LogP contribution in [0.4, 0.5) is 5.69 Å². The first kappa shape index (κ1) is 28.7. The van der Waals surface area contributed by atoms with E-state index in [2.05, 4.69) is 0 Å². The van der Waals surface area contributed by atoms with Gasteiger partial charge in [-0.05, 0) is 67.1 Å². The molecule has 0 radical (unpaired) electrons. The number of nitrogens with zero attached hydrogens (tertiary/aromatic N) is 4. The highest BCUT2D eigenvalue weighted by Gasteiger charge is 2.29. The molecule has 1 fully saturated rings. The molecule has 0 aliphatic carbocycles. The van der Waals surface area contributed by atoms with E-state index >= 15 is 0 Å². The standard InChI is InChI=1S/C31H29ClN4O6/c1-20-26(19-28(21-7-10-24(41-2)11-8-21)35(20)23-5-4-6-25(18-23)42-3)31(38)34-15-13-33(14-16-34)30(37)22-9-12-27(32)29(17-22)36(39)40/h4-12,17-19H,13-16H2,1-3H3. The number of ether oxygens (including phenoxy) is 2. The molecule has 11 heteroatoms. The zero-order valence-corrected chi connectivity index (χ0v) is 24.1. The lowest BCUT2D eigenvalue weighted by atomic mass is 10.1. The lowest BCUT2D eigenvalue weighted by Gasteiger charge is -2.34. The summed E-state index contributed by atoms with van der Waals surface area (Å²) >= 11 is 5.90. The van der Waals surface area contributed by atoms with Gasteiger partial charge in [-0.25, -0.2) is 0 Å². The Balaban J connectivity index is 1.41. The van der Waals surface area contributed by atoms with Crippen molar-refractivity contribution in [1.29, 1.82) is 0 Å². The number of nitro benzene ring substituents is 1. The van der Waals surface area contributed by atoms with E-state index in [0.29, 0.717) is 37.5 Å². The third kappa shape index (κ3) is 5.53. The van der Waals surface area contributed by atoms with Crippen LogP contribution in [0.1, 0.15) is 26.4 Å². The number of carbonyl (C=O) groups excluding carboxylic acids is 2. The zero-order valence-electron chi connectivity index (χ0n) is 23.4. The van der Waals surface area contributed by atoms with Gasteiger partial charge in [0.05, 0.1) is 30.4 Å². The molecule has 1 aromatic heterocycles. The smallest absolute Gasteiger partial charge is 0.288 e. The number of carbonyl (C=O) groups is 2. The van der Waals surface area contributed by atoms with E-state index in [1.807, 2.05) is 66.1 Å². The summed E-state index contributed by atoms with van der Waals surface area (Å²) in [5.41, 5.74) is 3.78. The minimum absolute atomic E-state index is 0.0303. The van der Waals surface area contributed by atoms with E-state index < -0.39 is 4.92 Å². The minimum Gasteiger partial charge on any atom is -0.497 e. The van der Waals surface area contributed by atoms with Crippen molar-refractivity contribution in [2.24, 2.45) is 0 Å². The molecule has 1 aliphatic rings. The fraction of sp³-hybridized carbons (Fsp3) is 0.226. The quantitative estimate of drug-likeness (QED) is 0.205. The number of amides is 2. The summed E-state index contributed by atoms with van der Waals surface area (Å²) in [5.74, 6) is 0.940. The van der Waals surface area contributed by atoms with E-state index in [-0.39, 0.29) is 28.1 Å². The number of aromatic nitrogens is 1. The predicted octanol–water partition coefficient (Wildman–Crippen LogP) is 5.63. The molecule has 1 saturated heterocycles. The summed E-state index contributed by atoms with van der Waals surface area (Å²) in [6.45, 7) is 3.14. The molecule has 216 valence electrons. The van der Waals surface area contributed by atoms with Crippen molar-refractivity contribution >= 4 is 29.1 Å². The van der Waals surface area contributed by atoms with Crippen LogP contribution in [0.5, 0.6) is 11.5 Å². The molecule has 10 nitrogen and oxygen atoms in total. The number of halogens is 1. The number of benzene rings is 3. The van der Waals surface area contributed by atoms with Crippen LogP contribution in [0.3, 0.4) is 0 Å². The summed E-state index contributed by atoms with van der Waals surface area (Å²) < 4.78 is 12.8. The monoisotopic (exact) mass is 588 g/mol. The number of hydrogen-bond donors (Lipinski definition) is 0. The average molecular weight is 589 g/mol. The lowest BCUT2D eigenvalue weighted by molar-refractivity contribution is -0.384. The topological polar surface area (TPSA) is 107 Å². The Labute approximate surface area is 247 Å². The lowest BCUT2D eigenvalue weighted by Crippen LogP contribution is -2.50. The van der Waals surface area contributed by atoms with E-state index in [1.165, 1.54) is 18.2 Å². The molecular weight excluding hydrogens is 560 g/mol. The van der Waals surface area contributed by atoms with Crippen molar-refractivity contribution in [1.82, 2.24) is 14.4 Å². The van der Waals surface area contributed by atoms with Gasteiger partial charge < -0.3 is 23.8 Å². The first-order chi connectivity index (χ1) is 20.2. The van der Waals surface area contributed by atoms with Crippen LogP contribution in [-0.2, 0) is 0 Å². The Morgan fingerprint density at radius 2 is 1.48 bits per heavy atom.